The molecule has 0 bridgehead atoms. The van der Waals surface area contributed by atoms with Gasteiger partial charge in [0, 0.05) is 32.6 Å². The number of nitrogens with zero attached hydrogens (tertiary/aromatic N) is 2. The van der Waals surface area contributed by atoms with E-state index in [4.69, 9.17) is 5.11 Å². The molecule has 2 saturated heterocycles. The van der Waals surface area contributed by atoms with Crippen LogP contribution in [-0.4, -0.2) is 53.1 Å². The normalized spacial score (nSPS) is 23.1. The van der Waals surface area contributed by atoms with Crippen LogP contribution < -0.4 is 0 Å². The zero-order chi connectivity index (χ0) is 15.5. The Labute approximate surface area is 127 Å². The second-order valence-corrected chi connectivity index (χ2v) is 7.33. The third-order valence-corrected chi connectivity index (χ3v) is 4.82. The molecule has 2 heterocycles. The molecule has 0 unspecified atom stereocenters. The Hall–Kier alpha value is -1.26. The van der Waals surface area contributed by atoms with Crippen LogP contribution >= 0.6 is 0 Å². The van der Waals surface area contributed by atoms with Crippen LogP contribution in [0, 0.1) is 11.3 Å². The number of carboxylic acids is 1. The van der Waals surface area contributed by atoms with E-state index in [-0.39, 0.29) is 17.9 Å². The van der Waals surface area contributed by atoms with Gasteiger partial charge in [-0.1, -0.05) is 13.8 Å². The zero-order valence-electron chi connectivity index (χ0n) is 13.3. The van der Waals surface area contributed by atoms with Crippen LogP contribution in [0.15, 0.2) is 0 Å². The summed E-state index contributed by atoms with van der Waals surface area (Å²) in [6.07, 6.45) is 5.15. The van der Waals surface area contributed by atoms with Gasteiger partial charge in [-0.15, -0.1) is 0 Å². The standard InChI is InChI=1S/C16H28N2O3/c1-16(2)8-3-9-18(12-16)15(21)17-10-6-13(7-11-17)4-5-14(19)20/h13H,3-12H2,1-2H3,(H,19,20). The highest BCUT2D eigenvalue weighted by atomic mass is 16.4. The Kier molecular flexibility index (Phi) is 5.12. The maximum absolute atomic E-state index is 12.6. The van der Waals surface area contributed by atoms with E-state index in [1.165, 1.54) is 6.42 Å². The summed E-state index contributed by atoms with van der Waals surface area (Å²) < 4.78 is 0. The average Bonchev–Trinajstić information content (AvgIpc) is 2.44. The molecule has 2 rings (SSSR count). The van der Waals surface area contributed by atoms with E-state index >= 15 is 0 Å². The van der Waals surface area contributed by atoms with Crippen molar-refractivity contribution in [3.8, 4) is 0 Å². The highest BCUT2D eigenvalue weighted by Crippen LogP contribution is 2.30. The molecule has 0 aromatic carbocycles. The first kappa shape index (κ1) is 16.1. The summed E-state index contributed by atoms with van der Waals surface area (Å²) in [6.45, 7) is 7.74. The molecule has 2 aliphatic heterocycles. The van der Waals surface area contributed by atoms with E-state index in [9.17, 15) is 9.59 Å². The monoisotopic (exact) mass is 296 g/mol. The van der Waals surface area contributed by atoms with Gasteiger partial charge in [0.1, 0.15) is 0 Å². The number of urea groups is 1. The van der Waals surface area contributed by atoms with E-state index in [0.29, 0.717) is 5.92 Å². The van der Waals surface area contributed by atoms with Crippen LogP contribution in [0.3, 0.4) is 0 Å². The fourth-order valence-electron chi connectivity index (χ4n) is 3.53. The van der Waals surface area contributed by atoms with Crippen molar-refractivity contribution in [2.45, 2.75) is 52.4 Å². The van der Waals surface area contributed by atoms with Gasteiger partial charge in [0.2, 0.25) is 0 Å². The molecule has 21 heavy (non-hydrogen) atoms. The summed E-state index contributed by atoms with van der Waals surface area (Å²) in [5, 5.41) is 8.73. The Morgan fingerprint density at radius 3 is 2.38 bits per heavy atom. The first-order valence-electron chi connectivity index (χ1n) is 8.13. The molecule has 0 aliphatic carbocycles. The van der Waals surface area contributed by atoms with Gasteiger partial charge in [-0.25, -0.2) is 4.79 Å². The molecule has 2 amide bonds. The van der Waals surface area contributed by atoms with Crippen molar-refractivity contribution in [1.29, 1.82) is 0 Å². The minimum Gasteiger partial charge on any atom is -0.481 e. The molecular weight excluding hydrogens is 268 g/mol. The first-order valence-corrected chi connectivity index (χ1v) is 8.13. The van der Waals surface area contributed by atoms with Crippen molar-refractivity contribution < 1.29 is 14.7 Å². The van der Waals surface area contributed by atoms with E-state index in [2.05, 4.69) is 13.8 Å². The molecule has 1 N–H and O–H groups in total. The van der Waals surface area contributed by atoms with Crippen LogP contribution in [0.2, 0.25) is 0 Å². The Balaban J connectivity index is 1.79. The average molecular weight is 296 g/mol. The molecule has 0 saturated carbocycles. The Bertz CT molecular complexity index is 387. The number of aliphatic carboxylic acids is 1. The fourth-order valence-corrected chi connectivity index (χ4v) is 3.53. The summed E-state index contributed by atoms with van der Waals surface area (Å²) in [5.41, 5.74) is 0.230. The van der Waals surface area contributed by atoms with E-state index in [1.54, 1.807) is 0 Å². The van der Waals surface area contributed by atoms with Crippen LogP contribution in [0.25, 0.3) is 0 Å². The number of carbonyl (C=O) groups is 2. The third-order valence-electron chi connectivity index (χ3n) is 4.82. The van der Waals surface area contributed by atoms with Crippen molar-refractivity contribution >= 4 is 12.0 Å². The van der Waals surface area contributed by atoms with Crippen molar-refractivity contribution in [2.24, 2.45) is 11.3 Å². The fraction of sp³-hybridized carbons (Fsp3) is 0.875. The summed E-state index contributed by atoms with van der Waals surface area (Å²) >= 11 is 0. The number of amides is 2. The maximum atomic E-state index is 12.6. The van der Waals surface area contributed by atoms with Crippen molar-refractivity contribution in [3.05, 3.63) is 0 Å². The second-order valence-electron chi connectivity index (χ2n) is 7.33. The van der Waals surface area contributed by atoms with Gasteiger partial charge in [0.05, 0.1) is 0 Å². The Morgan fingerprint density at radius 1 is 1.14 bits per heavy atom. The largest absolute Gasteiger partial charge is 0.481 e. The number of carboxylic acid groups (broad SMARTS) is 1. The highest BCUT2D eigenvalue weighted by molar-refractivity contribution is 5.74. The van der Waals surface area contributed by atoms with Crippen LogP contribution in [-0.2, 0) is 4.79 Å². The minimum atomic E-state index is -0.718. The molecule has 5 nitrogen and oxygen atoms in total. The SMILES string of the molecule is CC1(C)CCCN(C(=O)N2CCC(CCC(=O)O)CC2)C1. The van der Waals surface area contributed by atoms with Gasteiger partial charge < -0.3 is 14.9 Å². The number of piperidine rings is 2. The summed E-state index contributed by atoms with van der Waals surface area (Å²) in [5.74, 6) is -0.257. The number of carbonyl (C=O) groups excluding carboxylic acids is 1. The molecule has 2 fully saturated rings. The van der Waals surface area contributed by atoms with Gasteiger partial charge in [0.25, 0.3) is 0 Å². The van der Waals surface area contributed by atoms with Crippen LogP contribution in [0.1, 0.15) is 52.4 Å². The molecular formula is C16H28N2O3. The van der Waals surface area contributed by atoms with Gasteiger partial charge in [0.15, 0.2) is 0 Å². The van der Waals surface area contributed by atoms with E-state index in [0.717, 1.165) is 51.9 Å². The summed E-state index contributed by atoms with van der Waals surface area (Å²) in [7, 11) is 0. The zero-order valence-corrected chi connectivity index (χ0v) is 13.3. The number of likely N-dealkylation sites (tertiary alicyclic amines) is 2. The molecule has 0 spiro atoms. The molecule has 5 heteroatoms. The molecule has 120 valence electrons. The van der Waals surface area contributed by atoms with Crippen LogP contribution in [0.4, 0.5) is 4.79 Å². The van der Waals surface area contributed by atoms with Crippen molar-refractivity contribution in [3.63, 3.8) is 0 Å². The summed E-state index contributed by atoms with van der Waals surface area (Å²) in [4.78, 5) is 27.1. The van der Waals surface area contributed by atoms with Gasteiger partial charge in [-0.3, -0.25) is 4.79 Å². The van der Waals surface area contributed by atoms with Crippen LogP contribution in [0.5, 0.6) is 0 Å². The van der Waals surface area contributed by atoms with E-state index in [1.807, 2.05) is 9.80 Å². The van der Waals surface area contributed by atoms with Crippen molar-refractivity contribution in [2.75, 3.05) is 26.2 Å². The lowest BCUT2D eigenvalue weighted by atomic mass is 9.84. The van der Waals surface area contributed by atoms with Gasteiger partial charge in [-0.2, -0.15) is 0 Å². The lowest BCUT2D eigenvalue weighted by Gasteiger charge is -2.42. The van der Waals surface area contributed by atoms with Gasteiger partial charge >= 0.3 is 12.0 Å². The minimum absolute atomic E-state index is 0.180. The topological polar surface area (TPSA) is 60.9 Å². The molecule has 2 aliphatic rings. The molecule has 0 aromatic rings. The summed E-state index contributed by atoms with van der Waals surface area (Å²) in [6, 6.07) is 0.180. The smallest absolute Gasteiger partial charge is 0.320 e. The number of rotatable bonds is 3. The van der Waals surface area contributed by atoms with Crippen molar-refractivity contribution in [1.82, 2.24) is 9.80 Å². The lowest BCUT2D eigenvalue weighted by molar-refractivity contribution is -0.137. The predicted octanol–water partition coefficient (Wildman–Crippen LogP) is 2.81. The maximum Gasteiger partial charge on any atom is 0.320 e. The van der Waals surface area contributed by atoms with E-state index < -0.39 is 5.97 Å². The molecule has 0 aromatic heterocycles. The lowest BCUT2D eigenvalue weighted by Crippen LogP contribution is -2.51. The number of hydrogen-bond donors (Lipinski definition) is 1. The first-order chi connectivity index (χ1) is 9.87. The third kappa shape index (κ3) is 4.61. The highest BCUT2D eigenvalue weighted by Gasteiger charge is 2.32. The molecule has 0 radical (unpaired) electrons. The Morgan fingerprint density at radius 2 is 1.81 bits per heavy atom. The number of hydrogen-bond acceptors (Lipinski definition) is 2. The van der Waals surface area contributed by atoms with Gasteiger partial charge in [-0.05, 0) is 43.4 Å². The molecule has 0 atom stereocenters. The predicted molar refractivity (Wildman–Crippen MR) is 81.2 cm³/mol. The quantitative estimate of drug-likeness (QED) is 0.871. The second kappa shape index (κ2) is 6.67.